The van der Waals surface area contributed by atoms with E-state index in [0.29, 0.717) is 11.5 Å². The Balaban J connectivity index is 1.84. The minimum Gasteiger partial charge on any atom is -0.378 e. The summed E-state index contributed by atoms with van der Waals surface area (Å²) in [7, 11) is 0. The van der Waals surface area contributed by atoms with Crippen LogP contribution in [-0.2, 0) is 4.74 Å². The molecule has 2 saturated carbocycles. The number of hydrogen-bond acceptors (Lipinski definition) is 2. The fourth-order valence-corrected chi connectivity index (χ4v) is 4.24. The van der Waals surface area contributed by atoms with E-state index in [1.54, 1.807) is 0 Å². The Labute approximate surface area is 119 Å². The zero-order chi connectivity index (χ0) is 14.0. The SMILES string of the molecule is CCOC1CC(NCC(C(C)C)C(C)C)C12CCC2. The van der Waals surface area contributed by atoms with Gasteiger partial charge in [-0.2, -0.15) is 0 Å². The van der Waals surface area contributed by atoms with Gasteiger partial charge in [0.15, 0.2) is 0 Å². The molecule has 2 fully saturated rings. The zero-order valence-corrected chi connectivity index (χ0v) is 13.5. The van der Waals surface area contributed by atoms with E-state index in [2.05, 4.69) is 39.9 Å². The van der Waals surface area contributed by atoms with E-state index >= 15 is 0 Å². The smallest absolute Gasteiger partial charge is 0.0661 e. The van der Waals surface area contributed by atoms with Gasteiger partial charge in [-0.25, -0.2) is 0 Å². The molecule has 2 atom stereocenters. The highest BCUT2D eigenvalue weighted by atomic mass is 16.5. The van der Waals surface area contributed by atoms with Crippen LogP contribution in [0.4, 0.5) is 0 Å². The molecule has 0 aromatic carbocycles. The Morgan fingerprint density at radius 3 is 2.21 bits per heavy atom. The van der Waals surface area contributed by atoms with Gasteiger partial charge < -0.3 is 10.1 Å². The third-order valence-corrected chi connectivity index (χ3v) is 5.75. The first-order valence-electron chi connectivity index (χ1n) is 8.36. The third kappa shape index (κ3) is 2.85. The molecule has 0 aromatic rings. The van der Waals surface area contributed by atoms with Gasteiger partial charge in [0.05, 0.1) is 6.10 Å². The molecule has 1 N–H and O–H groups in total. The Bertz CT molecular complexity index is 275. The van der Waals surface area contributed by atoms with Crippen molar-refractivity contribution in [1.29, 1.82) is 0 Å². The van der Waals surface area contributed by atoms with Crippen LogP contribution in [0.2, 0.25) is 0 Å². The molecule has 0 amide bonds. The molecule has 1 spiro atoms. The normalized spacial score (nSPS) is 29.1. The summed E-state index contributed by atoms with van der Waals surface area (Å²) in [6, 6.07) is 0.720. The monoisotopic (exact) mass is 267 g/mol. The van der Waals surface area contributed by atoms with Crippen LogP contribution in [0.5, 0.6) is 0 Å². The lowest BCUT2D eigenvalue weighted by Crippen LogP contribution is -2.67. The Kier molecular flexibility index (Phi) is 4.94. The summed E-state index contributed by atoms with van der Waals surface area (Å²) < 4.78 is 5.93. The van der Waals surface area contributed by atoms with Gasteiger partial charge in [0.25, 0.3) is 0 Å². The molecule has 0 heterocycles. The lowest BCUT2D eigenvalue weighted by Gasteiger charge is -2.61. The number of hydrogen-bond donors (Lipinski definition) is 1. The molecule has 2 aliphatic carbocycles. The van der Waals surface area contributed by atoms with Crippen LogP contribution in [0, 0.1) is 23.2 Å². The molecule has 0 bridgehead atoms. The predicted molar refractivity (Wildman–Crippen MR) is 81.3 cm³/mol. The summed E-state index contributed by atoms with van der Waals surface area (Å²) >= 11 is 0. The van der Waals surface area contributed by atoms with Crippen LogP contribution < -0.4 is 5.32 Å². The van der Waals surface area contributed by atoms with Crippen LogP contribution in [0.3, 0.4) is 0 Å². The molecular weight excluding hydrogens is 234 g/mol. The summed E-state index contributed by atoms with van der Waals surface area (Å²) in [6.07, 6.45) is 5.93. The van der Waals surface area contributed by atoms with E-state index in [0.717, 1.165) is 30.4 Å². The first kappa shape index (κ1) is 15.3. The molecule has 0 aromatic heterocycles. The second-order valence-electron chi connectivity index (χ2n) is 7.38. The first-order valence-corrected chi connectivity index (χ1v) is 8.36. The van der Waals surface area contributed by atoms with Crippen molar-refractivity contribution < 1.29 is 4.74 Å². The van der Waals surface area contributed by atoms with Gasteiger partial charge in [-0.1, -0.05) is 34.1 Å². The van der Waals surface area contributed by atoms with Crippen molar-refractivity contribution in [2.24, 2.45) is 23.2 Å². The van der Waals surface area contributed by atoms with Crippen molar-refractivity contribution in [3.8, 4) is 0 Å². The van der Waals surface area contributed by atoms with Gasteiger partial charge in [0, 0.05) is 18.1 Å². The van der Waals surface area contributed by atoms with Gasteiger partial charge in [0.2, 0.25) is 0 Å². The molecule has 0 aliphatic heterocycles. The fourth-order valence-electron chi connectivity index (χ4n) is 4.24. The second-order valence-corrected chi connectivity index (χ2v) is 7.38. The maximum atomic E-state index is 5.93. The Morgan fingerprint density at radius 1 is 1.16 bits per heavy atom. The largest absolute Gasteiger partial charge is 0.378 e. The first-order chi connectivity index (χ1) is 9.01. The summed E-state index contributed by atoms with van der Waals surface area (Å²) in [6.45, 7) is 13.6. The lowest BCUT2D eigenvalue weighted by atomic mass is 9.51. The standard InChI is InChI=1S/C17H33NO/c1-6-19-16-10-15(17(16)8-7-9-17)18-11-14(12(2)3)13(4)5/h12-16,18H,6-11H2,1-5H3. The molecule has 2 aliphatic rings. The second kappa shape index (κ2) is 6.13. The van der Waals surface area contributed by atoms with E-state index in [-0.39, 0.29) is 0 Å². The van der Waals surface area contributed by atoms with Gasteiger partial charge in [-0.15, -0.1) is 0 Å². The molecule has 112 valence electrons. The third-order valence-electron chi connectivity index (χ3n) is 5.75. The van der Waals surface area contributed by atoms with Gasteiger partial charge in [0.1, 0.15) is 0 Å². The van der Waals surface area contributed by atoms with E-state index in [9.17, 15) is 0 Å². The van der Waals surface area contributed by atoms with Crippen molar-refractivity contribution in [1.82, 2.24) is 5.32 Å². The maximum absolute atomic E-state index is 5.93. The minimum atomic E-state index is 0.508. The van der Waals surface area contributed by atoms with Crippen LogP contribution in [0.1, 0.15) is 60.3 Å². The van der Waals surface area contributed by atoms with E-state index < -0.39 is 0 Å². The topological polar surface area (TPSA) is 21.3 Å². The highest BCUT2D eigenvalue weighted by Crippen LogP contribution is 2.57. The number of ether oxygens (including phenoxy) is 1. The molecule has 2 rings (SSSR count). The molecule has 0 saturated heterocycles. The van der Waals surface area contributed by atoms with Gasteiger partial charge >= 0.3 is 0 Å². The van der Waals surface area contributed by atoms with E-state index in [1.807, 2.05) is 0 Å². The van der Waals surface area contributed by atoms with Crippen molar-refractivity contribution in [3.05, 3.63) is 0 Å². The van der Waals surface area contributed by atoms with Crippen molar-refractivity contribution in [2.45, 2.75) is 72.4 Å². The highest BCUT2D eigenvalue weighted by molar-refractivity contribution is 5.12. The summed E-state index contributed by atoms with van der Waals surface area (Å²) in [5.41, 5.74) is 0.508. The predicted octanol–water partition coefficient (Wildman–Crippen LogP) is 3.85. The van der Waals surface area contributed by atoms with E-state index in [4.69, 9.17) is 4.74 Å². The Hall–Kier alpha value is -0.0800. The van der Waals surface area contributed by atoms with Crippen LogP contribution in [-0.4, -0.2) is 25.3 Å². The quantitative estimate of drug-likeness (QED) is 0.756. The molecule has 2 nitrogen and oxygen atoms in total. The van der Waals surface area contributed by atoms with Crippen molar-refractivity contribution in [2.75, 3.05) is 13.2 Å². The zero-order valence-electron chi connectivity index (χ0n) is 13.5. The summed E-state index contributed by atoms with van der Waals surface area (Å²) in [4.78, 5) is 0. The van der Waals surface area contributed by atoms with E-state index in [1.165, 1.54) is 32.2 Å². The molecule has 2 unspecified atom stereocenters. The van der Waals surface area contributed by atoms with Crippen molar-refractivity contribution in [3.63, 3.8) is 0 Å². The highest BCUT2D eigenvalue weighted by Gasteiger charge is 2.58. The summed E-state index contributed by atoms with van der Waals surface area (Å²) in [5.74, 6) is 2.34. The fraction of sp³-hybridized carbons (Fsp3) is 1.00. The number of rotatable bonds is 7. The Morgan fingerprint density at radius 2 is 1.79 bits per heavy atom. The average molecular weight is 267 g/mol. The van der Waals surface area contributed by atoms with Gasteiger partial charge in [-0.05, 0) is 50.5 Å². The van der Waals surface area contributed by atoms with Crippen molar-refractivity contribution >= 4 is 0 Å². The lowest BCUT2D eigenvalue weighted by molar-refractivity contribution is -0.173. The number of nitrogens with one attached hydrogen (secondary N) is 1. The van der Waals surface area contributed by atoms with Crippen LogP contribution >= 0.6 is 0 Å². The maximum Gasteiger partial charge on any atom is 0.0661 e. The minimum absolute atomic E-state index is 0.508. The molecular formula is C17H33NO. The summed E-state index contributed by atoms with van der Waals surface area (Å²) in [5, 5.41) is 3.88. The molecule has 19 heavy (non-hydrogen) atoms. The van der Waals surface area contributed by atoms with Gasteiger partial charge in [-0.3, -0.25) is 0 Å². The van der Waals surface area contributed by atoms with Crippen LogP contribution in [0.15, 0.2) is 0 Å². The molecule has 2 heteroatoms. The van der Waals surface area contributed by atoms with Crippen LogP contribution in [0.25, 0.3) is 0 Å². The molecule has 0 radical (unpaired) electrons. The average Bonchev–Trinajstić information content (AvgIpc) is 2.23.